The molecule has 2 heterocycles. The van der Waals surface area contributed by atoms with Crippen molar-refractivity contribution in [3.8, 4) is 11.6 Å². The van der Waals surface area contributed by atoms with E-state index in [-0.39, 0.29) is 22.6 Å². The van der Waals surface area contributed by atoms with E-state index in [1.165, 1.54) is 12.4 Å². The Bertz CT molecular complexity index is 848. The van der Waals surface area contributed by atoms with E-state index in [4.69, 9.17) is 16.3 Å². The molecule has 0 saturated heterocycles. The second-order valence-corrected chi connectivity index (χ2v) is 4.52. The molecule has 2 aromatic heterocycles. The lowest BCUT2D eigenvalue weighted by Crippen LogP contribution is -1.98. The zero-order valence-electron chi connectivity index (χ0n) is 10.7. The van der Waals surface area contributed by atoms with Crippen molar-refractivity contribution in [2.75, 3.05) is 0 Å². The quantitative estimate of drug-likeness (QED) is 0.453. The third-order valence-electron chi connectivity index (χ3n) is 2.82. The second kappa shape index (κ2) is 4.98. The fraction of sp³-hybridized carbons (Fsp3) is 0.0833. The number of hydrogen-bond donors (Lipinski definition) is 1. The molecule has 0 unspecified atom stereocenters. The number of aromatic amines is 1. The number of nitrogens with one attached hydrogen (secondary N) is 1. The minimum Gasteiger partial charge on any atom is -0.430 e. The van der Waals surface area contributed by atoms with Crippen LogP contribution in [0.3, 0.4) is 0 Å². The van der Waals surface area contributed by atoms with Crippen LogP contribution in [-0.4, -0.2) is 24.9 Å². The summed E-state index contributed by atoms with van der Waals surface area (Å²) in [5.74, 6) is 0.155. The number of nitrogens with zero attached hydrogens (tertiary/aromatic N) is 4. The highest BCUT2D eigenvalue weighted by atomic mass is 35.5. The average molecular weight is 306 g/mol. The molecule has 9 heteroatoms. The van der Waals surface area contributed by atoms with Gasteiger partial charge in [0.05, 0.1) is 11.3 Å². The van der Waals surface area contributed by atoms with Crippen LogP contribution in [0.25, 0.3) is 11.2 Å². The normalized spacial score (nSPS) is 10.8. The number of nitro benzene ring substituents is 1. The SMILES string of the molecule is Cc1cccc(Oc2nc(Cl)nc3nc[nH]c23)c1[N+](=O)[O-]. The smallest absolute Gasteiger partial charge is 0.314 e. The van der Waals surface area contributed by atoms with Crippen LogP contribution < -0.4 is 4.74 Å². The second-order valence-electron chi connectivity index (χ2n) is 4.18. The maximum absolute atomic E-state index is 11.2. The minimum atomic E-state index is -0.502. The number of rotatable bonds is 3. The number of ether oxygens (including phenoxy) is 1. The molecule has 0 atom stereocenters. The third-order valence-corrected chi connectivity index (χ3v) is 2.98. The summed E-state index contributed by atoms with van der Waals surface area (Å²) in [6, 6.07) is 4.78. The van der Waals surface area contributed by atoms with Gasteiger partial charge in [-0.15, -0.1) is 0 Å². The van der Waals surface area contributed by atoms with E-state index in [9.17, 15) is 10.1 Å². The van der Waals surface area contributed by atoms with Crippen molar-refractivity contribution < 1.29 is 9.66 Å². The maximum Gasteiger partial charge on any atom is 0.314 e. The van der Waals surface area contributed by atoms with E-state index >= 15 is 0 Å². The van der Waals surface area contributed by atoms with E-state index in [2.05, 4.69) is 19.9 Å². The number of fused-ring (bicyclic) bond motifs is 1. The van der Waals surface area contributed by atoms with Gasteiger partial charge in [-0.3, -0.25) is 10.1 Å². The summed E-state index contributed by atoms with van der Waals surface area (Å²) < 4.78 is 5.56. The lowest BCUT2D eigenvalue weighted by atomic mass is 10.2. The van der Waals surface area contributed by atoms with Crippen molar-refractivity contribution in [2.24, 2.45) is 0 Å². The molecule has 3 aromatic rings. The Morgan fingerprint density at radius 1 is 1.38 bits per heavy atom. The molecule has 0 aliphatic heterocycles. The van der Waals surface area contributed by atoms with Gasteiger partial charge in [0.1, 0.15) is 5.52 Å². The maximum atomic E-state index is 11.2. The molecular weight excluding hydrogens is 298 g/mol. The molecule has 0 spiro atoms. The molecule has 0 aliphatic rings. The number of halogens is 1. The Balaban J connectivity index is 2.13. The number of para-hydroxylation sites is 1. The van der Waals surface area contributed by atoms with Crippen molar-refractivity contribution in [3.05, 3.63) is 45.5 Å². The molecule has 0 bridgehead atoms. The van der Waals surface area contributed by atoms with Crippen LogP contribution in [-0.2, 0) is 0 Å². The highest BCUT2D eigenvalue weighted by molar-refractivity contribution is 6.28. The van der Waals surface area contributed by atoms with Crippen molar-refractivity contribution in [1.82, 2.24) is 19.9 Å². The molecule has 21 heavy (non-hydrogen) atoms. The molecule has 0 amide bonds. The zero-order valence-corrected chi connectivity index (χ0v) is 11.5. The van der Waals surface area contributed by atoms with Crippen molar-refractivity contribution >= 4 is 28.5 Å². The first-order valence-corrected chi connectivity index (χ1v) is 6.22. The molecule has 0 saturated carbocycles. The molecule has 3 rings (SSSR count). The summed E-state index contributed by atoms with van der Waals surface area (Å²) in [4.78, 5) is 25.3. The summed E-state index contributed by atoms with van der Waals surface area (Å²) in [5, 5.41) is 11.1. The highest BCUT2D eigenvalue weighted by Gasteiger charge is 2.21. The van der Waals surface area contributed by atoms with E-state index in [1.54, 1.807) is 19.1 Å². The van der Waals surface area contributed by atoms with E-state index < -0.39 is 4.92 Å². The summed E-state index contributed by atoms with van der Waals surface area (Å²) in [5.41, 5.74) is 1.09. The lowest BCUT2D eigenvalue weighted by molar-refractivity contribution is -0.386. The molecular formula is C12H8ClN5O3. The van der Waals surface area contributed by atoms with Crippen LogP contribution in [0.5, 0.6) is 11.6 Å². The van der Waals surface area contributed by atoms with E-state index in [0.29, 0.717) is 16.7 Å². The largest absolute Gasteiger partial charge is 0.430 e. The third kappa shape index (κ3) is 2.36. The summed E-state index contributed by atoms with van der Waals surface area (Å²) in [6.07, 6.45) is 1.41. The van der Waals surface area contributed by atoms with E-state index in [0.717, 1.165) is 0 Å². The fourth-order valence-electron chi connectivity index (χ4n) is 1.91. The summed E-state index contributed by atoms with van der Waals surface area (Å²) in [6.45, 7) is 1.63. The van der Waals surface area contributed by atoms with Gasteiger partial charge in [-0.1, -0.05) is 12.1 Å². The topological polar surface area (TPSA) is 107 Å². The van der Waals surface area contributed by atoms with Gasteiger partial charge in [0.2, 0.25) is 16.9 Å². The van der Waals surface area contributed by atoms with Gasteiger partial charge in [0, 0.05) is 5.56 Å². The molecule has 8 nitrogen and oxygen atoms in total. The van der Waals surface area contributed by atoms with E-state index in [1.807, 2.05) is 0 Å². The number of benzene rings is 1. The summed E-state index contributed by atoms with van der Waals surface area (Å²) >= 11 is 5.79. The lowest BCUT2D eigenvalue weighted by Gasteiger charge is -2.07. The predicted octanol–water partition coefficient (Wildman–Crippen LogP) is 3.02. The molecule has 1 N–H and O–H groups in total. The standard InChI is InChI=1S/C12H8ClN5O3/c1-6-3-2-4-7(9(6)18(19)20)21-11-8-10(15-5-14-8)16-12(13)17-11/h2-5H,1H3,(H,14,15,16,17). The minimum absolute atomic E-state index is 0.0556. The Kier molecular flexibility index (Phi) is 3.15. The predicted molar refractivity (Wildman–Crippen MR) is 74.6 cm³/mol. The first-order chi connectivity index (χ1) is 10.1. The molecule has 0 radical (unpaired) electrons. The molecule has 1 aromatic carbocycles. The van der Waals surface area contributed by atoms with Gasteiger partial charge in [-0.05, 0) is 24.6 Å². The van der Waals surface area contributed by atoms with Crippen LogP contribution in [0, 0.1) is 17.0 Å². The van der Waals surface area contributed by atoms with Crippen molar-refractivity contribution in [2.45, 2.75) is 6.92 Å². The number of nitro groups is 1. The van der Waals surface area contributed by atoms with Crippen LogP contribution in [0.4, 0.5) is 5.69 Å². The van der Waals surface area contributed by atoms with Crippen LogP contribution in [0.15, 0.2) is 24.5 Å². The Morgan fingerprint density at radius 2 is 2.19 bits per heavy atom. The number of imidazole rings is 1. The number of H-pyrrole nitrogens is 1. The van der Waals surface area contributed by atoms with Gasteiger partial charge >= 0.3 is 5.69 Å². The van der Waals surface area contributed by atoms with Crippen LogP contribution >= 0.6 is 11.6 Å². The van der Waals surface area contributed by atoms with Gasteiger partial charge in [0.15, 0.2) is 5.65 Å². The fourth-order valence-corrected chi connectivity index (χ4v) is 2.06. The number of aromatic nitrogens is 4. The van der Waals surface area contributed by atoms with Gasteiger partial charge in [0.25, 0.3) is 0 Å². The van der Waals surface area contributed by atoms with Gasteiger partial charge < -0.3 is 9.72 Å². The molecule has 0 fully saturated rings. The molecule has 106 valence electrons. The number of aryl methyl sites for hydroxylation is 1. The molecule has 0 aliphatic carbocycles. The van der Waals surface area contributed by atoms with Crippen LogP contribution in [0.2, 0.25) is 5.28 Å². The number of hydrogen-bond acceptors (Lipinski definition) is 6. The van der Waals surface area contributed by atoms with Crippen molar-refractivity contribution in [1.29, 1.82) is 0 Å². The Hall–Kier alpha value is -2.74. The highest BCUT2D eigenvalue weighted by Crippen LogP contribution is 2.35. The Morgan fingerprint density at radius 3 is 2.95 bits per heavy atom. The zero-order chi connectivity index (χ0) is 15.0. The Labute approximate surface area is 122 Å². The first kappa shape index (κ1) is 13.3. The average Bonchev–Trinajstić information content (AvgIpc) is 2.86. The first-order valence-electron chi connectivity index (χ1n) is 5.84. The van der Waals surface area contributed by atoms with Gasteiger partial charge in [-0.25, -0.2) is 4.98 Å². The summed E-state index contributed by atoms with van der Waals surface area (Å²) in [7, 11) is 0. The monoisotopic (exact) mass is 305 g/mol. The van der Waals surface area contributed by atoms with Crippen LogP contribution in [0.1, 0.15) is 5.56 Å². The van der Waals surface area contributed by atoms with Crippen molar-refractivity contribution in [3.63, 3.8) is 0 Å². The van der Waals surface area contributed by atoms with Gasteiger partial charge in [-0.2, -0.15) is 9.97 Å².